The third-order valence-electron chi connectivity index (χ3n) is 2.11. The molecule has 2 N–H and O–H groups in total. The van der Waals surface area contributed by atoms with Gasteiger partial charge >= 0.3 is 0 Å². The standard InChI is InChI=1S/C11H13N3O3S/c1-7(2)10(15)13-11(18)12-8-5-3-4-6-9(8)14(16)17/h3-7H,1-2H3,(H2,12,13,15,18). The summed E-state index contributed by atoms with van der Waals surface area (Å²) < 4.78 is 0. The molecule has 0 fully saturated rings. The summed E-state index contributed by atoms with van der Waals surface area (Å²) in [5, 5.41) is 15.9. The van der Waals surface area contributed by atoms with E-state index in [0.29, 0.717) is 0 Å². The molecule has 0 spiro atoms. The number of para-hydroxylation sites is 2. The average Bonchev–Trinajstić information content (AvgIpc) is 2.28. The number of thiocarbonyl (C=S) groups is 1. The number of benzene rings is 1. The first-order valence-corrected chi connectivity index (χ1v) is 5.68. The SMILES string of the molecule is CC(C)C(=O)NC(=S)Nc1ccccc1[N+](=O)[O-]. The van der Waals surface area contributed by atoms with E-state index in [1.807, 2.05) is 0 Å². The molecule has 0 bridgehead atoms. The fraction of sp³-hybridized carbons (Fsp3) is 0.273. The Balaban J connectivity index is 2.76. The highest BCUT2D eigenvalue weighted by molar-refractivity contribution is 7.80. The maximum absolute atomic E-state index is 11.4. The molecule has 0 saturated carbocycles. The van der Waals surface area contributed by atoms with E-state index in [9.17, 15) is 14.9 Å². The highest BCUT2D eigenvalue weighted by atomic mass is 32.1. The summed E-state index contributed by atoms with van der Waals surface area (Å²) in [5.74, 6) is -0.457. The molecule has 1 aromatic carbocycles. The first kappa shape index (κ1) is 14.0. The lowest BCUT2D eigenvalue weighted by molar-refractivity contribution is -0.383. The number of carbonyl (C=O) groups excluding carboxylic acids is 1. The van der Waals surface area contributed by atoms with Crippen LogP contribution < -0.4 is 10.6 Å². The second kappa shape index (κ2) is 6.06. The van der Waals surface area contributed by atoms with Gasteiger partial charge in [0.2, 0.25) is 5.91 Å². The molecule has 0 aliphatic carbocycles. The minimum Gasteiger partial charge on any atom is -0.327 e. The molecule has 1 amide bonds. The minimum atomic E-state index is -0.519. The van der Waals surface area contributed by atoms with Crippen LogP contribution in [0.25, 0.3) is 0 Å². The van der Waals surface area contributed by atoms with Crippen molar-refractivity contribution in [2.24, 2.45) is 5.92 Å². The summed E-state index contributed by atoms with van der Waals surface area (Å²) >= 11 is 4.91. The highest BCUT2D eigenvalue weighted by Gasteiger charge is 2.14. The molecule has 0 radical (unpaired) electrons. The van der Waals surface area contributed by atoms with Crippen LogP contribution in [0, 0.1) is 16.0 Å². The van der Waals surface area contributed by atoms with Crippen molar-refractivity contribution in [3.63, 3.8) is 0 Å². The van der Waals surface area contributed by atoms with Crippen molar-refractivity contribution in [2.75, 3.05) is 5.32 Å². The highest BCUT2D eigenvalue weighted by Crippen LogP contribution is 2.22. The van der Waals surface area contributed by atoms with Crippen molar-refractivity contribution in [1.82, 2.24) is 5.32 Å². The van der Waals surface area contributed by atoms with Crippen molar-refractivity contribution in [3.8, 4) is 0 Å². The van der Waals surface area contributed by atoms with E-state index >= 15 is 0 Å². The van der Waals surface area contributed by atoms with Gasteiger partial charge in [0, 0.05) is 12.0 Å². The number of hydrogen-bond acceptors (Lipinski definition) is 4. The Hall–Kier alpha value is -2.02. The van der Waals surface area contributed by atoms with Gasteiger partial charge in [0.05, 0.1) is 4.92 Å². The summed E-state index contributed by atoms with van der Waals surface area (Å²) in [6, 6.07) is 6.07. The van der Waals surface area contributed by atoms with Gasteiger partial charge in [0.25, 0.3) is 5.69 Å². The Bertz CT molecular complexity index is 488. The molecular weight excluding hydrogens is 254 g/mol. The van der Waals surface area contributed by atoms with E-state index in [4.69, 9.17) is 12.2 Å². The molecule has 6 nitrogen and oxygen atoms in total. The summed E-state index contributed by atoms with van der Waals surface area (Å²) in [6.45, 7) is 3.45. The van der Waals surface area contributed by atoms with Crippen molar-refractivity contribution < 1.29 is 9.72 Å². The maximum atomic E-state index is 11.4. The Morgan fingerprint density at radius 2 is 2.00 bits per heavy atom. The van der Waals surface area contributed by atoms with E-state index in [1.54, 1.807) is 26.0 Å². The van der Waals surface area contributed by atoms with Gasteiger partial charge in [-0.15, -0.1) is 0 Å². The van der Waals surface area contributed by atoms with Crippen LogP contribution in [0.1, 0.15) is 13.8 Å². The van der Waals surface area contributed by atoms with Crippen LogP contribution in [0.5, 0.6) is 0 Å². The zero-order valence-corrected chi connectivity index (χ0v) is 10.8. The van der Waals surface area contributed by atoms with Gasteiger partial charge in [-0.3, -0.25) is 14.9 Å². The molecule has 0 aromatic heterocycles. The van der Waals surface area contributed by atoms with Crippen LogP contribution in [0.2, 0.25) is 0 Å². The average molecular weight is 267 g/mol. The molecular formula is C11H13N3O3S. The van der Waals surface area contributed by atoms with Gasteiger partial charge in [-0.1, -0.05) is 26.0 Å². The number of nitrogens with zero attached hydrogens (tertiary/aromatic N) is 1. The zero-order chi connectivity index (χ0) is 13.7. The number of rotatable bonds is 3. The third-order valence-corrected chi connectivity index (χ3v) is 2.31. The number of carbonyl (C=O) groups is 1. The fourth-order valence-electron chi connectivity index (χ4n) is 1.15. The number of amides is 1. The van der Waals surface area contributed by atoms with Crippen LogP contribution in [-0.2, 0) is 4.79 Å². The molecule has 1 rings (SSSR count). The zero-order valence-electron chi connectivity index (χ0n) is 9.97. The first-order valence-electron chi connectivity index (χ1n) is 5.27. The van der Waals surface area contributed by atoms with Gasteiger partial charge in [-0.05, 0) is 18.3 Å². The Morgan fingerprint density at radius 3 is 2.56 bits per heavy atom. The summed E-state index contributed by atoms with van der Waals surface area (Å²) in [5.41, 5.74) is 0.148. The maximum Gasteiger partial charge on any atom is 0.292 e. The van der Waals surface area contributed by atoms with Gasteiger partial charge in [-0.2, -0.15) is 0 Å². The van der Waals surface area contributed by atoms with Crippen LogP contribution in [0.4, 0.5) is 11.4 Å². The van der Waals surface area contributed by atoms with Crippen molar-refractivity contribution in [3.05, 3.63) is 34.4 Å². The van der Waals surface area contributed by atoms with Crippen molar-refractivity contribution in [1.29, 1.82) is 0 Å². The molecule has 0 saturated heterocycles. The van der Waals surface area contributed by atoms with Crippen LogP contribution in [-0.4, -0.2) is 15.9 Å². The monoisotopic (exact) mass is 267 g/mol. The third kappa shape index (κ3) is 3.77. The summed E-state index contributed by atoms with van der Waals surface area (Å²) in [4.78, 5) is 21.6. The fourth-order valence-corrected chi connectivity index (χ4v) is 1.36. The van der Waals surface area contributed by atoms with Crippen LogP contribution >= 0.6 is 12.2 Å². The molecule has 0 aliphatic rings. The molecule has 0 atom stereocenters. The molecule has 0 aliphatic heterocycles. The second-order valence-corrected chi connectivity index (χ2v) is 4.28. The Kier molecular flexibility index (Phi) is 4.73. The van der Waals surface area contributed by atoms with Crippen LogP contribution in [0.15, 0.2) is 24.3 Å². The molecule has 1 aromatic rings. The van der Waals surface area contributed by atoms with Gasteiger partial charge in [0.1, 0.15) is 5.69 Å². The number of hydrogen-bond donors (Lipinski definition) is 2. The van der Waals surface area contributed by atoms with Gasteiger partial charge < -0.3 is 10.6 Å². The molecule has 96 valence electrons. The number of nitrogens with one attached hydrogen (secondary N) is 2. The lowest BCUT2D eigenvalue weighted by Crippen LogP contribution is -2.36. The Morgan fingerprint density at radius 1 is 1.39 bits per heavy atom. The van der Waals surface area contributed by atoms with Gasteiger partial charge in [0.15, 0.2) is 5.11 Å². The minimum absolute atomic E-state index is 0.0444. The Labute approximate surface area is 110 Å². The van der Waals surface area contributed by atoms with E-state index in [2.05, 4.69) is 10.6 Å². The number of nitro groups is 1. The van der Waals surface area contributed by atoms with E-state index in [1.165, 1.54) is 12.1 Å². The molecule has 0 heterocycles. The smallest absolute Gasteiger partial charge is 0.292 e. The summed E-state index contributed by atoms with van der Waals surface area (Å²) in [7, 11) is 0. The normalized spacial score (nSPS) is 9.94. The second-order valence-electron chi connectivity index (χ2n) is 3.87. The van der Waals surface area contributed by atoms with E-state index < -0.39 is 4.92 Å². The van der Waals surface area contributed by atoms with E-state index in [-0.39, 0.29) is 28.3 Å². The predicted molar refractivity (Wildman–Crippen MR) is 72.3 cm³/mol. The predicted octanol–water partition coefficient (Wildman–Crippen LogP) is 2.06. The van der Waals surface area contributed by atoms with Crippen LogP contribution in [0.3, 0.4) is 0 Å². The number of anilines is 1. The van der Waals surface area contributed by atoms with Crippen molar-refractivity contribution in [2.45, 2.75) is 13.8 Å². The van der Waals surface area contributed by atoms with E-state index in [0.717, 1.165) is 0 Å². The lowest BCUT2D eigenvalue weighted by Gasteiger charge is -2.11. The first-order chi connectivity index (χ1) is 8.41. The topological polar surface area (TPSA) is 84.3 Å². The van der Waals surface area contributed by atoms with Gasteiger partial charge in [-0.25, -0.2) is 0 Å². The lowest BCUT2D eigenvalue weighted by atomic mass is 10.2. The number of nitro benzene ring substituents is 1. The van der Waals surface area contributed by atoms with Crippen molar-refractivity contribution >= 4 is 34.6 Å². The molecule has 7 heteroatoms. The summed E-state index contributed by atoms with van der Waals surface area (Å²) in [6.07, 6.45) is 0. The largest absolute Gasteiger partial charge is 0.327 e. The quantitative estimate of drug-likeness (QED) is 0.497. The molecule has 18 heavy (non-hydrogen) atoms. The molecule has 0 unspecified atom stereocenters.